The highest BCUT2D eigenvalue weighted by Crippen LogP contribution is 2.09. The van der Waals surface area contributed by atoms with Crippen molar-refractivity contribution in [1.82, 2.24) is 0 Å². The summed E-state index contributed by atoms with van der Waals surface area (Å²) in [5.41, 5.74) is 5.30. The van der Waals surface area contributed by atoms with Gasteiger partial charge in [-0.1, -0.05) is 6.07 Å². The zero-order valence-electron chi connectivity index (χ0n) is 6.82. The van der Waals surface area contributed by atoms with Gasteiger partial charge in [0.25, 0.3) is 0 Å². The molecule has 0 aliphatic carbocycles. The second kappa shape index (κ2) is 4.23. The van der Waals surface area contributed by atoms with Crippen LogP contribution in [-0.2, 0) is 16.1 Å². The molecule has 0 bridgehead atoms. The molecule has 3 nitrogen and oxygen atoms in total. The summed E-state index contributed by atoms with van der Waals surface area (Å²) >= 11 is 1.56. The number of nitrogens with two attached hydrogens (primary N) is 1. The molecule has 0 fully saturated rings. The minimum atomic E-state index is -0.537. The molecule has 66 valence electrons. The van der Waals surface area contributed by atoms with Crippen LogP contribution in [0.25, 0.3) is 0 Å². The second-order valence-corrected chi connectivity index (χ2v) is 3.51. The smallest absolute Gasteiger partial charge is 0.322 e. The fraction of sp³-hybridized carbons (Fsp3) is 0.375. The topological polar surface area (TPSA) is 52.3 Å². The number of ether oxygens (including phenoxy) is 1. The summed E-state index contributed by atoms with van der Waals surface area (Å²) in [5, 5.41) is 1.94. The Morgan fingerprint density at radius 3 is 3.08 bits per heavy atom. The molecule has 0 spiro atoms. The van der Waals surface area contributed by atoms with Crippen molar-refractivity contribution >= 4 is 17.3 Å². The maximum absolute atomic E-state index is 10.9. The summed E-state index contributed by atoms with van der Waals surface area (Å²) in [4.78, 5) is 11.9. The summed E-state index contributed by atoms with van der Waals surface area (Å²) in [5.74, 6) is -0.358. The predicted octanol–water partition coefficient (Wildman–Crippen LogP) is 1.14. The van der Waals surface area contributed by atoms with Crippen LogP contribution in [0.1, 0.15) is 11.8 Å². The Balaban J connectivity index is 2.32. The Morgan fingerprint density at radius 1 is 1.83 bits per heavy atom. The lowest BCUT2D eigenvalue weighted by atomic mass is 10.4. The molecule has 0 unspecified atom stereocenters. The highest BCUT2D eigenvalue weighted by molar-refractivity contribution is 7.09. The molecule has 0 saturated heterocycles. The van der Waals surface area contributed by atoms with E-state index in [-0.39, 0.29) is 5.97 Å². The lowest BCUT2D eigenvalue weighted by Gasteiger charge is -2.04. The maximum Gasteiger partial charge on any atom is 0.322 e. The molecule has 0 radical (unpaired) electrons. The van der Waals surface area contributed by atoms with Crippen molar-refractivity contribution in [3.8, 4) is 0 Å². The Bertz CT molecular complexity index is 244. The number of thiophene rings is 1. The molecule has 1 aromatic heterocycles. The summed E-state index contributed by atoms with van der Waals surface area (Å²) in [7, 11) is 0. The lowest BCUT2D eigenvalue weighted by molar-refractivity contribution is -0.145. The maximum atomic E-state index is 10.9. The first-order valence-corrected chi connectivity index (χ1v) is 4.52. The molecular weight excluding hydrogens is 174 g/mol. The third-order valence-electron chi connectivity index (χ3n) is 1.31. The van der Waals surface area contributed by atoms with Gasteiger partial charge in [0.2, 0.25) is 0 Å². The summed E-state index contributed by atoms with van der Waals surface area (Å²) in [6.45, 7) is 1.94. The van der Waals surface area contributed by atoms with Crippen LogP contribution in [0.4, 0.5) is 0 Å². The van der Waals surface area contributed by atoms with Crippen LogP contribution in [0.2, 0.25) is 0 Å². The number of esters is 1. The number of rotatable bonds is 3. The van der Waals surface area contributed by atoms with Gasteiger partial charge in [0.1, 0.15) is 12.6 Å². The van der Waals surface area contributed by atoms with Crippen molar-refractivity contribution < 1.29 is 9.53 Å². The summed E-state index contributed by atoms with van der Waals surface area (Å²) in [6.07, 6.45) is 0. The van der Waals surface area contributed by atoms with Crippen LogP contribution in [0.3, 0.4) is 0 Å². The Kier molecular flexibility index (Phi) is 3.25. The van der Waals surface area contributed by atoms with E-state index in [9.17, 15) is 4.79 Å². The minimum Gasteiger partial charge on any atom is -0.459 e. The van der Waals surface area contributed by atoms with Crippen molar-refractivity contribution in [3.63, 3.8) is 0 Å². The lowest BCUT2D eigenvalue weighted by Crippen LogP contribution is -2.28. The fourth-order valence-electron chi connectivity index (χ4n) is 0.668. The number of carbonyl (C=O) groups excluding carboxylic acids is 1. The average Bonchev–Trinajstić information content (AvgIpc) is 2.51. The third-order valence-corrected chi connectivity index (χ3v) is 2.16. The van der Waals surface area contributed by atoms with Crippen LogP contribution in [0.15, 0.2) is 17.5 Å². The van der Waals surface area contributed by atoms with Gasteiger partial charge in [-0.05, 0) is 18.4 Å². The molecule has 1 rings (SSSR count). The molecule has 4 heteroatoms. The predicted molar refractivity (Wildman–Crippen MR) is 47.8 cm³/mol. The van der Waals surface area contributed by atoms with E-state index < -0.39 is 6.04 Å². The highest BCUT2D eigenvalue weighted by Gasteiger charge is 2.08. The SMILES string of the molecule is C[C@H](N)C(=O)OCc1cccs1. The first kappa shape index (κ1) is 9.22. The zero-order valence-corrected chi connectivity index (χ0v) is 7.64. The van der Waals surface area contributed by atoms with E-state index in [0.29, 0.717) is 6.61 Å². The molecule has 0 aromatic carbocycles. The van der Waals surface area contributed by atoms with Gasteiger partial charge in [-0.2, -0.15) is 0 Å². The summed E-state index contributed by atoms with van der Waals surface area (Å²) < 4.78 is 4.89. The monoisotopic (exact) mass is 185 g/mol. The number of hydrogen-bond acceptors (Lipinski definition) is 4. The van der Waals surface area contributed by atoms with Crippen LogP contribution >= 0.6 is 11.3 Å². The van der Waals surface area contributed by atoms with E-state index in [1.807, 2.05) is 17.5 Å². The van der Waals surface area contributed by atoms with Gasteiger partial charge in [-0.15, -0.1) is 11.3 Å². The van der Waals surface area contributed by atoms with Crippen molar-refractivity contribution in [1.29, 1.82) is 0 Å². The van der Waals surface area contributed by atoms with E-state index in [1.165, 1.54) is 0 Å². The van der Waals surface area contributed by atoms with E-state index in [2.05, 4.69) is 0 Å². The molecule has 12 heavy (non-hydrogen) atoms. The Morgan fingerprint density at radius 2 is 2.58 bits per heavy atom. The van der Waals surface area contributed by atoms with E-state index in [4.69, 9.17) is 10.5 Å². The molecule has 1 atom stereocenters. The van der Waals surface area contributed by atoms with Crippen LogP contribution in [-0.4, -0.2) is 12.0 Å². The zero-order chi connectivity index (χ0) is 8.97. The molecule has 1 aromatic rings. The molecule has 0 amide bonds. The Hall–Kier alpha value is -0.870. The first-order valence-electron chi connectivity index (χ1n) is 3.65. The standard InChI is InChI=1S/C8H11NO2S/c1-6(9)8(10)11-5-7-3-2-4-12-7/h2-4,6H,5,9H2,1H3/t6-/m0/s1. The molecule has 1 heterocycles. The molecule has 2 N–H and O–H groups in total. The van der Waals surface area contributed by atoms with Gasteiger partial charge in [-0.3, -0.25) is 4.79 Å². The van der Waals surface area contributed by atoms with E-state index in [1.54, 1.807) is 18.3 Å². The normalized spacial score (nSPS) is 12.5. The van der Waals surface area contributed by atoms with Gasteiger partial charge >= 0.3 is 5.97 Å². The third kappa shape index (κ3) is 2.64. The van der Waals surface area contributed by atoms with Crippen LogP contribution in [0.5, 0.6) is 0 Å². The molecule has 0 saturated carbocycles. The summed E-state index contributed by atoms with van der Waals surface area (Å²) in [6, 6.07) is 3.30. The number of carbonyl (C=O) groups is 1. The van der Waals surface area contributed by atoms with Gasteiger partial charge in [0, 0.05) is 4.88 Å². The molecule has 0 aliphatic heterocycles. The second-order valence-electron chi connectivity index (χ2n) is 2.48. The van der Waals surface area contributed by atoms with Crippen molar-refractivity contribution in [3.05, 3.63) is 22.4 Å². The fourth-order valence-corrected chi connectivity index (χ4v) is 1.28. The first-order chi connectivity index (χ1) is 5.70. The van der Waals surface area contributed by atoms with Gasteiger partial charge in [-0.25, -0.2) is 0 Å². The van der Waals surface area contributed by atoms with E-state index in [0.717, 1.165) is 4.88 Å². The van der Waals surface area contributed by atoms with Crippen molar-refractivity contribution in [2.75, 3.05) is 0 Å². The quantitative estimate of drug-likeness (QED) is 0.718. The van der Waals surface area contributed by atoms with Gasteiger partial charge < -0.3 is 10.5 Å². The Labute approximate surface area is 75.1 Å². The number of hydrogen-bond donors (Lipinski definition) is 1. The average molecular weight is 185 g/mol. The van der Waals surface area contributed by atoms with Gasteiger partial charge in [0.15, 0.2) is 0 Å². The van der Waals surface area contributed by atoms with Crippen LogP contribution in [0, 0.1) is 0 Å². The van der Waals surface area contributed by atoms with Crippen molar-refractivity contribution in [2.24, 2.45) is 5.73 Å². The highest BCUT2D eigenvalue weighted by atomic mass is 32.1. The largest absolute Gasteiger partial charge is 0.459 e. The van der Waals surface area contributed by atoms with Crippen molar-refractivity contribution in [2.45, 2.75) is 19.6 Å². The molecular formula is C8H11NO2S. The minimum absolute atomic E-state index is 0.331. The van der Waals surface area contributed by atoms with Gasteiger partial charge in [0.05, 0.1) is 0 Å². The van der Waals surface area contributed by atoms with E-state index >= 15 is 0 Å². The van der Waals surface area contributed by atoms with Crippen LogP contribution < -0.4 is 5.73 Å². The molecule has 0 aliphatic rings.